The highest BCUT2D eigenvalue weighted by molar-refractivity contribution is 7.89. The summed E-state index contributed by atoms with van der Waals surface area (Å²) < 4.78 is 27.5. The van der Waals surface area contributed by atoms with Gasteiger partial charge in [-0.3, -0.25) is 0 Å². The van der Waals surface area contributed by atoms with Crippen molar-refractivity contribution < 1.29 is 8.42 Å². The van der Waals surface area contributed by atoms with Crippen LogP contribution in [0.5, 0.6) is 0 Å². The Balaban J connectivity index is 2.35. The summed E-state index contributed by atoms with van der Waals surface area (Å²) in [5.41, 5.74) is 1.19. The molecule has 1 aromatic rings. The Morgan fingerprint density at radius 3 is 1.90 bits per heavy atom. The van der Waals surface area contributed by atoms with Crippen molar-refractivity contribution in [2.45, 2.75) is 76.3 Å². The van der Waals surface area contributed by atoms with Gasteiger partial charge in [0.25, 0.3) is 0 Å². The summed E-state index contributed by atoms with van der Waals surface area (Å²) in [6, 6.07) is 7.55. The zero-order valence-corrected chi connectivity index (χ0v) is 14.6. The van der Waals surface area contributed by atoms with Gasteiger partial charge in [-0.2, -0.15) is 4.31 Å². The van der Waals surface area contributed by atoms with E-state index in [1.807, 2.05) is 26.0 Å². The lowest BCUT2D eigenvalue weighted by atomic mass is 9.87. The van der Waals surface area contributed by atoms with Crippen molar-refractivity contribution in [3.05, 3.63) is 29.8 Å². The van der Waals surface area contributed by atoms with Gasteiger partial charge in [0.2, 0.25) is 10.0 Å². The fraction of sp³-hybridized carbons (Fsp3) is 0.647. The Bertz CT molecular complexity index is 574. The first-order chi connectivity index (χ1) is 9.64. The van der Waals surface area contributed by atoms with Crippen LogP contribution in [0, 0.1) is 0 Å². The van der Waals surface area contributed by atoms with Crippen molar-refractivity contribution in [2.24, 2.45) is 0 Å². The van der Waals surface area contributed by atoms with Gasteiger partial charge in [0.05, 0.1) is 4.90 Å². The lowest BCUT2D eigenvalue weighted by Crippen LogP contribution is -2.47. The molecule has 4 heteroatoms. The molecule has 1 heterocycles. The van der Waals surface area contributed by atoms with Gasteiger partial charge in [0.1, 0.15) is 0 Å². The molecule has 0 radical (unpaired) electrons. The quantitative estimate of drug-likeness (QED) is 0.830. The molecule has 1 fully saturated rings. The first kappa shape index (κ1) is 16.5. The lowest BCUT2D eigenvalue weighted by molar-refractivity contribution is 0.204. The Labute approximate surface area is 129 Å². The van der Waals surface area contributed by atoms with Gasteiger partial charge in [-0.15, -0.1) is 0 Å². The molecule has 0 bridgehead atoms. The van der Waals surface area contributed by atoms with Crippen molar-refractivity contribution in [3.8, 4) is 0 Å². The third kappa shape index (κ3) is 3.32. The minimum Gasteiger partial charge on any atom is -0.207 e. The molecular formula is C17H27NO2S. The van der Waals surface area contributed by atoms with E-state index in [9.17, 15) is 8.42 Å². The fourth-order valence-electron chi connectivity index (χ4n) is 3.12. The molecule has 1 aliphatic heterocycles. The standard InChI is InChI=1S/C17H27NO2S/c1-13-7-6-8-14(2)18(13)21(19,20)16-11-9-15(10-12-16)17(3,4)5/h9-14H,6-8H2,1-5H3/t13-,14-/m0/s1. The van der Waals surface area contributed by atoms with Crippen molar-refractivity contribution in [2.75, 3.05) is 0 Å². The van der Waals surface area contributed by atoms with Gasteiger partial charge >= 0.3 is 0 Å². The molecule has 21 heavy (non-hydrogen) atoms. The number of hydrogen-bond acceptors (Lipinski definition) is 2. The molecule has 0 unspecified atom stereocenters. The van der Waals surface area contributed by atoms with E-state index in [-0.39, 0.29) is 17.5 Å². The van der Waals surface area contributed by atoms with Crippen LogP contribution in [-0.2, 0) is 15.4 Å². The number of nitrogens with zero attached hydrogens (tertiary/aromatic N) is 1. The van der Waals surface area contributed by atoms with Crippen LogP contribution in [0.15, 0.2) is 29.2 Å². The van der Waals surface area contributed by atoms with Gasteiger partial charge in [0.15, 0.2) is 0 Å². The second-order valence-electron chi connectivity index (χ2n) is 7.24. The third-order valence-corrected chi connectivity index (χ3v) is 6.55. The number of piperidine rings is 1. The molecule has 0 aliphatic carbocycles. The summed E-state index contributed by atoms with van der Waals surface area (Å²) in [5.74, 6) is 0. The van der Waals surface area contributed by atoms with E-state index in [1.165, 1.54) is 0 Å². The van der Waals surface area contributed by atoms with Gasteiger partial charge < -0.3 is 0 Å². The van der Waals surface area contributed by atoms with Crippen LogP contribution < -0.4 is 0 Å². The average Bonchev–Trinajstić information content (AvgIpc) is 2.37. The van der Waals surface area contributed by atoms with Crippen LogP contribution in [0.2, 0.25) is 0 Å². The van der Waals surface area contributed by atoms with E-state index in [1.54, 1.807) is 16.4 Å². The van der Waals surface area contributed by atoms with Gasteiger partial charge in [0, 0.05) is 12.1 Å². The zero-order valence-electron chi connectivity index (χ0n) is 13.8. The largest absolute Gasteiger partial charge is 0.243 e. The molecular weight excluding hydrogens is 282 g/mol. The molecule has 2 atom stereocenters. The number of hydrogen-bond donors (Lipinski definition) is 0. The Hall–Kier alpha value is -0.870. The summed E-state index contributed by atoms with van der Waals surface area (Å²) in [6.07, 6.45) is 3.00. The summed E-state index contributed by atoms with van der Waals surface area (Å²) in [4.78, 5) is 0.413. The van der Waals surface area contributed by atoms with E-state index >= 15 is 0 Å². The van der Waals surface area contributed by atoms with Crippen molar-refractivity contribution in [1.29, 1.82) is 0 Å². The van der Waals surface area contributed by atoms with Crippen LogP contribution in [0.25, 0.3) is 0 Å². The minimum atomic E-state index is -3.39. The molecule has 3 nitrogen and oxygen atoms in total. The van der Waals surface area contributed by atoms with Crippen molar-refractivity contribution in [1.82, 2.24) is 4.31 Å². The molecule has 0 spiro atoms. The summed E-state index contributed by atoms with van der Waals surface area (Å²) in [6.45, 7) is 10.4. The highest BCUT2D eigenvalue weighted by Crippen LogP contribution is 2.30. The number of benzene rings is 1. The molecule has 1 aliphatic rings. The molecule has 0 aromatic heterocycles. The van der Waals surface area contributed by atoms with Crippen LogP contribution in [-0.4, -0.2) is 24.8 Å². The second-order valence-corrected chi connectivity index (χ2v) is 9.08. The molecule has 0 saturated carbocycles. The summed E-state index contributed by atoms with van der Waals surface area (Å²) in [5, 5.41) is 0. The number of sulfonamides is 1. The van der Waals surface area contributed by atoms with Crippen molar-refractivity contribution in [3.63, 3.8) is 0 Å². The average molecular weight is 309 g/mol. The maximum Gasteiger partial charge on any atom is 0.243 e. The van der Waals surface area contributed by atoms with E-state index in [0.29, 0.717) is 4.90 Å². The molecule has 0 N–H and O–H groups in total. The molecule has 118 valence electrons. The van der Waals surface area contributed by atoms with Crippen molar-refractivity contribution >= 4 is 10.0 Å². The van der Waals surface area contributed by atoms with Crippen LogP contribution in [0.3, 0.4) is 0 Å². The molecule has 0 amide bonds. The fourth-order valence-corrected chi connectivity index (χ4v) is 5.00. The monoisotopic (exact) mass is 309 g/mol. The number of rotatable bonds is 2. The minimum absolute atomic E-state index is 0.0357. The Kier molecular flexibility index (Phi) is 4.50. The predicted molar refractivity (Wildman–Crippen MR) is 86.9 cm³/mol. The molecule has 1 saturated heterocycles. The molecule has 1 aromatic carbocycles. The summed E-state index contributed by atoms with van der Waals surface area (Å²) in [7, 11) is -3.39. The smallest absolute Gasteiger partial charge is 0.207 e. The Morgan fingerprint density at radius 1 is 1.00 bits per heavy atom. The predicted octanol–water partition coefficient (Wildman–Crippen LogP) is 3.94. The van der Waals surface area contributed by atoms with Crippen LogP contribution >= 0.6 is 0 Å². The maximum atomic E-state index is 12.9. The highest BCUT2D eigenvalue weighted by atomic mass is 32.2. The topological polar surface area (TPSA) is 37.4 Å². The first-order valence-corrected chi connectivity index (χ1v) is 9.22. The zero-order chi connectivity index (χ0) is 15.8. The maximum absolute atomic E-state index is 12.9. The third-order valence-electron chi connectivity index (χ3n) is 4.41. The highest BCUT2D eigenvalue weighted by Gasteiger charge is 2.35. The van der Waals surface area contributed by atoms with E-state index in [0.717, 1.165) is 24.8 Å². The van der Waals surface area contributed by atoms with Gasteiger partial charge in [-0.05, 0) is 49.8 Å². The summed E-state index contributed by atoms with van der Waals surface area (Å²) >= 11 is 0. The lowest BCUT2D eigenvalue weighted by Gasteiger charge is -2.37. The SMILES string of the molecule is C[C@H]1CCC[C@H](C)N1S(=O)(=O)c1ccc(C(C)(C)C)cc1. The van der Waals surface area contributed by atoms with E-state index in [4.69, 9.17) is 0 Å². The Morgan fingerprint density at radius 2 is 1.48 bits per heavy atom. The van der Waals surface area contributed by atoms with Crippen LogP contribution in [0.4, 0.5) is 0 Å². The normalized spacial score (nSPS) is 25.0. The first-order valence-electron chi connectivity index (χ1n) is 7.78. The second kappa shape index (κ2) is 5.73. The van der Waals surface area contributed by atoms with Gasteiger partial charge in [-0.25, -0.2) is 8.42 Å². The van der Waals surface area contributed by atoms with Gasteiger partial charge in [-0.1, -0.05) is 39.3 Å². The molecule has 2 rings (SSSR count). The van der Waals surface area contributed by atoms with Crippen LogP contribution in [0.1, 0.15) is 59.4 Å². The van der Waals surface area contributed by atoms with E-state index < -0.39 is 10.0 Å². The van der Waals surface area contributed by atoms with E-state index in [2.05, 4.69) is 20.8 Å².